The minimum absolute atomic E-state index is 0.119. The number of hydrogen-bond donors (Lipinski definition) is 1. The van der Waals surface area contributed by atoms with Crippen molar-refractivity contribution in [3.8, 4) is 0 Å². The number of non-ortho nitro benzene ring substituents is 1. The molecule has 0 saturated carbocycles. The molecule has 0 amide bonds. The fourth-order valence-corrected chi connectivity index (χ4v) is 2.09. The van der Waals surface area contributed by atoms with Crippen LogP contribution in [0.4, 0.5) is 5.69 Å². The first-order valence-corrected chi connectivity index (χ1v) is 6.57. The standard InChI is InChI=1S/C14H18N4O2/c1-3-17-14(8-11(2)16-17)10-15-9-12-4-6-13(7-5-12)18(19)20/h4-8,15H,3,9-10H2,1-2H3. The second-order valence-corrected chi connectivity index (χ2v) is 4.62. The van der Waals surface area contributed by atoms with Crippen LogP contribution < -0.4 is 5.32 Å². The number of aryl methyl sites for hydroxylation is 2. The Bertz CT molecular complexity index is 590. The van der Waals surface area contributed by atoms with E-state index in [1.165, 1.54) is 12.1 Å². The number of rotatable bonds is 6. The molecule has 6 nitrogen and oxygen atoms in total. The number of benzene rings is 1. The summed E-state index contributed by atoms with van der Waals surface area (Å²) in [5.74, 6) is 0. The van der Waals surface area contributed by atoms with Gasteiger partial charge in [0.05, 0.1) is 16.3 Å². The Kier molecular flexibility index (Phi) is 4.47. The third-order valence-electron chi connectivity index (χ3n) is 3.07. The van der Waals surface area contributed by atoms with Crippen LogP contribution in [0.1, 0.15) is 23.9 Å². The highest BCUT2D eigenvalue weighted by molar-refractivity contribution is 5.32. The molecule has 0 aliphatic heterocycles. The SMILES string of the molecule is CCn1nc(C)cc1CNCc1ccc([N+](=O)[O-])cc1. The van der Waals surface area contributed by atoms with Gasteiger partial charge in [0.25, 0.3) is 5.69 Å². The van der Waals surface area contributed by atoms with Crippen molar-refractivity contribution in [3.05, 3.63) is 57.4 Å². The first-order valence-electron chi connectivity index (χ1n) is 6.57. The smallest absolute Gasteiger partial charge is 0.269 e. The molecule has 20 heavy (non-hydrogen) atoms. The maximum absolute atomic E-state index is 10.6. The average Bonchev–Trinajstić information content (AvgIpc) is 2.79. The summed E-state index contributed by atoms with van der Waals surface area (Å²) in [5.41, 5.74) is 3.30. The van der Waals surface area contributed by atoms with Crippen LogP contribution >= 0.6 is 0 Å². The molecule has 6 heteroatoms. The second kappa shape index (κ2) is 6.29. The van der Waals surface area contributed by atoms with E-state index in [1.807, 2.05) is 11.6 Å². The van der Waals surface area contributed by atoms with E-state index in [1.54, 1.807) is 12.1 Å². The Balaban J connectivity index is 1.90. The van der Waals surface area contributed by atoms with Crippen LogP contribution in [0.5, 0.6) is 0 Å². The van der Waals surface area contributed by atoms with Gasteiger partial charge in [0.15, 0.2) is 0 Å². The van der Waals surface area contributed by atoms with Gasteiger partial charge in [0, 0.05) is 31.8 Å². The Morgan fingerprint density at radius 1 is 1.30 bits per heavy atom. The molecule has 1 N–H and O–H groups in total. The van der Waals surface area contributed by atoms with Gasteiger partial charge in [-0.3, -0.25) is 14.8 Å². The van der Waals surface area contributed by atoms with Crippen LogP contribution in [0.25, 0.3) is 0 Å². The maximum atomic E-state index is 10.6. The molecular weight excluding hydrogens is 256 g/mol. The Hall–Kier alpha value is -2.21. The zero-order valence-electron chi connectivity index (χ0n) is 11.7. The first kappa shape index (κ1) is 14.2. The lowest BCUT2D eigenvalue weighted by Gasteiger charge is -2.06. The van der Waals surface area contributed by atoms with Gasteiger partial charge in [0.1, 0.15) is 0 Å². The highest BCUT2D eigenvalue weighted by Crippen LogP contribution is 2.12. The number of nitro benzene ring substituents is 1. The lowest BCUT2D eigenvalue weighted by Crippen LogP contribution is -2.16. The van der Waals surface area contributed by atoms with E-state index < -0.39 is 0 Å². The van der Waals surface area contributed by atoms with E-state index in [0.717, 1.165) is 30.0 Å². The van der Waals surface area contributed by atoms with Crippen molar-refractivity contribution >= 4 is 5.69 Å². The number of nitrogens with one attached hydrogen (secondary N) is 1. The molecule has 0 radical (unpaired) electrons. The molecule has 2 aromatic rings. The summed E-state index contributed by atoms with van der Waals surface area (Å²) >= 11 is 0. The molecule has 0 saturated heterocycles. The summed E-state index contributed by atoms with van der Waals surface area (Å²) in [4.78, 5) is 10.2. The molecule has 0 unspecified atom stereocenters. The molecule has 0 fully saturated rings. The van der Waals surface area contributed by atoms with Crippen molar-refractivity contribution in [2.24, 2.45) is 0 Å². The highest BCUT2D eigenvalue weighted by Gasteiger charge is 2.05. The Morgan fingerprint density at radius 2 is 2.00 bits per heavy atom. The second-order valence-electron chi connectivity index (χ2n) is 4.62. The lowest BCUT2D eigenvalue weighted by atomic mass is 10.2. The van der Waals surface area contributed by atoms with Crippen LogP contribution in [0.15, 0.2) is 30.3 Å². The molecule has 106 valence electrons. The van der Waals surface area contributed by atoms with E-state index >= 15 is 0 Å². The minimum Gasteiger partial charge on any atom is -0.307 e. The van der Waals surface area contributed by atoms with E-state index in [-0.39, 0.29) is 10.6 Å². The van der Waals surface area contributed by atoms with Gasteiger partial charge >= 0.3 is 0 Å². The Morgan fingerprint density at radius 3 is 2.60 bits per heavy atom. The maximum Gasteiger partial charge on any atom is 0.269 e. The normalized spacial score (nSPS) is 10.7. The Labute approximate surface area is 117 Å². The number of nitro groups is 1. The summed E-state index contributed by atoms with van der Waals surface area (Å²) in [7, 11) is 0. The van der Waals surface area contributed by atoms with E-state index in [0.29, 0.717) is 6.54 Å². The van der Waals surface area contributed by atoms with Gasteiger partial charge in [-0.25, -0.2) is 0 Å². The van der Waals surface area contributed by atoms with Crippen molar-refractivity contribution in [1.29, 1.82) is 0 Å². The predicted molar refractivity (Wildman–Crippen MR) is 76.3 cm³/mol. The van der Waals surface area contributed by atoms with Gasteiger partial charge < -0.3 is 5.32 Å². The molecule has 0 atom stereocenters. The lowest BCUT2D eigenvalue weighted by molar-refractivity contribution is -0.384. The number of aromatic nitrogens is 2. The largest absolute Gasteiger partial charge is 0.307 e. The average molecular weight is 274 g/mol. The van der Waals surface area contributed by atoms with Gasteiger partial charge in [-0.15, -0.1) is 0 Å². The molecular formula is C14H18N4O2. The van der Waals surface area contributed by atoms with Crippen molar-refractivity contribution in [1.82, 2.24) is 15.1 Å². The van der Waals surface area contributed by atoms with Gasteiger partial charge in [-0.2, -0.15) is 5.10 Å². The van der Waals surface area contributed by atoms with E-state index in [9.17, 15) is 10.1 Å². The van der Waals surface area contributed by atoms with Gasteiger partial charge in [-0.1, -0.05) is 12.1 Å². The molecule has 1 aromatic heterocycles. The van der Waals surface area contributed by atoms with Crippen LogP contribution in [0, 0.1) is 17.0 Å². The summed E-state index contributed by atoms with van der Waals surface area (Å²) in [6, 6.07) is 8.66. The van der Waals surface area contributed by atoms with Crippen LogP contribution in [0.2, 0.25) is 0 Å². The van der Waals surface area contributed by atoms with Crippen molar-refractivity contribution < 1.29 is 4.92 Å². The fourth-order valence-electron chi connectivity index (χ4n) is 2.09. The van der Waals surface area contributed by atoms with E-state index in [4.69, 9.17) is 0 Å². The van der Waals surface area contributed by atoms with Gasteiger partial charge in [0.2, 0.25) is 0 Å². The number of nitrogens with zero attached hydrogens (tertiary/aromatic N) is 3. The fraction of sp³-hybridized carbons (Fsp3) is 0.357. The van der Waals surface area contributed by atoms with Gasteiger partial charge in [-0.05, 0) is 25.5 Å². The molecule has 0 bridgehead atoms. The molecule has 0 aliphatic rings. The summed E-state index contributed by atoms with van der Waals surface area (Å²) < 4.78 is 1.97. The third-order valence-corrected chi connectivity index (χ3v) is 3.07. The molecule has 0 spiro atoms. The first-order chi connectivity index (χ1) is 9.60. The van der Waals surface area contributed by atoms with E-state index in [2.05, 4.69) is 23.4 Å². The zero-order chi connectivity index (χ0) is 14.5. The third kappa shape index (κ3) is 3.42. The van der Waals surface area contributed by atoms with Crippen LogP contribution in [-0.2, 0) is 19.6 Å². The molecule has 2 rings (SSSR count). The van der Waals surface area contributed by atoms with Crippen LogP contribution in [-0.4, -0.2) is 14.7 Å². The van der Waals surface area contributed by atoms with Crippen molar-refractivity contribution in [2.75, 3.05) is 0 Å². The molecule has 0 aliphatic carbocycles. The topological polar surface area (TPSA) is 73.0 Å². The summed E-state index contributed by atoms with van der Waals surface area (Å²) in [6.45, 7) is 6.29. The monoisotopic (exact) mass is 274 g/mol. The summed E-state index contributed by atoms with van der Waals surface area (Å²) in [6.07, 6.45) is 0. The van der Waals surface area contributed by atoms with Crippen LogP contribution in [0.3, 0.4) is 0 Å². The summed E-state index contributed by atoms with van der Waals surface area (Å²) in [5, 5.41) is 18.3. The quantitative estimate of drug-likeness (QED) is 0.648. The zero-order valence-corrected chi connectivity index (χ0v) is 11.7. The predicted octanol–water partition coefficient (Wildman–Crippen LogP) is 2.41. The molecule has 1 aromatic carbocycles. The highest BCUT2D eigenvalue weighted by atomic mass is 16.6. The molecule has 1 heterocycles. The van der Waals surface area contributed by atoms with Crippen molar-refractivity contribution in [3.63, 3.8) is 0 Å². The van der Waals surface area contributed by atoms with Crippen molar-refractivity contribution in [2.45, 2.75) is 33.5 Å². The number of hydrogen-bond acceptors (Lipinski definition) is 4. The minimum atomic E-state index is -0.389.